The van der Waals surface area contributed by atoms with E-state index in [2.05, 4.69) is 0 Å². The lowest BCUT2D eigenvalue weighted by Crippen LogP contribution is -2.40. The molecule has 0 saturated heterocycles. The van der Waals surface area contributed by atoms with Crippen LogP contribution in [0.2, 0.25) is 0 Å². The van der Waals surface area contributed by atoms with Gasteiger partial charge in [-0.25, -0.2) is 4.39 Å². The molecule has 1 aromatic carbocycles. The number of ether oxygens (including phenoxy) is 1. The Morgan fingerprint density at radius 1 is 1.44 bits per heavy atom. The molecule has 1 aromatic rings. The number of methoxy groups -OCH3 is 1. The highest BCUT2D eigenvalue weighted by Crippen LogP contribution is 2.42. The number of hydrogen-bond donors (Lipinski definition) is 1. The zero-order valence-electron chi connectivity index (χ0n) is 9.45. The van der Waals surface area contributed by atoms with Crippen LogP contribution in [0.1, 0.15) is 37.4 Å². The Kier molecular flexibility index (Phi) is 3.26. The summed E-state index contributed by atoms with van der Waals surface area (Å²) < 4.78 is 18.9. The fraction of sp³-hybridized carbons (Fsp3) is 0.538. The van der Waals surface area contributed by atoms with Crippen molar-refractivity contribution in [2.45, 2.75) is 37.4 Å². The minimum atomic E-state index is -0.776. The van der Waals surface area contributed by atoms with Crippen molar-refractivity contribution in [3.63, 3.8) is 0 Å². The molecule has 1 unspecified atom stereocenters. The van der Waals surface area contributed by atoms with Crippen LogP contribution in [0.4, 0.5) is 4.39 Å². The fourth-order valence-electron chi connectivity index (χ4n) is 2.27. The number of rotatable bonds is 4. The molecule has 0 bridgehead atoms. The molecule has 1 aliphatic rings. The van der Waals surface area contributed by atoms with E-state index in [1.165, 1.54) is 6.07 Å². The maximum absolute atomic E-state index is 13.4. The average Bonchev–Trinajstić information content (AvgIpc) is 2.24. The predicted octanol–water partition coefficient (Wildman–Crippen LogP) is 2.82. The summed E-state index contributed by atoms with van der Waals surface area (Å²) in [5.41, 5.74) is 0.132. The molecule has 16 heavy (non-hydrogen) atoms. The summed E-state index contributed by atoms with van der Waals surface area (Å²) in [5.74, 6) is -0.347. The van der Waals surface area contributed by atoms with Gasteiger partial charge in [0.2, 0.25) is 0 Å². The Bertz CT molecular complexity index is 355. The van der Waals surface area contributed by atoms with Gasteiger partial charge in [0.1, 0.15) is 5.82 Å². The Hall–Kier alpha value is -0.930. The molecule has 88 valence electrons. The number of aliphatic hydroxyl groups is 1. The van der Waals surface area contributed by atoms with Crippen molar-refractivity contribution in [1.29, 1.82) is 0 Å². The summed E-state index contributed by atoms with van der Waals surface area (Å²) in [5, 5.41) is 10.0. The lowest BCUT2D eigenvalue weighted by molar-refractivity contribution is -0.100. The first-order chi connectivity index (χ1) is 7.67. The Labute approximate surface area is 95.1 Å². The van der Waals surface area contributed by atoms with E-state index in [1.54, 1.807) is 25.3 Å². The molecule has 0 aromatic heterocycles. The quantitative estimate of drug-likeness (QED) is 0.852. The van der Waals surface area contributed by atoms with Crippen LogP contribution in [0, 0.1) is 5.82 Å². The minimum Gasteiger partial charge on any atom is -0.388 e. The highest BCUT2D eigenvalue weighted by Gasteiger charge is 2.39. The van der Waals surface area contributed by atoms with E-state index >= 15 is 0 Å². The van der Waals surface area contributed by atoms with E-state index in [1.807, 2.05) is 0 Å². The number of aliphatic hydroxyl groups excluding tert-OH is 1. The molecule has 1 aliphatic carbocycles. The van der Waals surface area contributed by atoms with Crippen LogP contribution in [0.15, 0.2) is 24.3 Å². The van der Waals surface area contributed by atoms with Gasteiger partial charge in [-0.2, -0.15) is 0 Å². The van der Waals surface area contributed by atoms with Crippen molar-refractivity contribution in [1.82, 2.24) is 0 Å². The Morgan fingerprint density at radius 3 is 2.62 bits per heavy atom. The van der Waals surface area contributed by atoms with Gasteiger partial charge in [0.15, 0.2) is 0 Å². The summed E-state index contributed by atoms with van der Waals surface area (Å²) >= 11 is 0. The Balaban J connectivity index is 2.08. The molecule has 0 radical (unpaired) electrons. The third-order valence-corrected chi connectivity index (χ3v) is 3.53. The lowest BCUT2D eigenvalue weighted by atomic mass is 9.75. The van der Waals surface area contributed by atoms with Crippen molar-refractivity contribution >= 4 is 0 Å². The summed E-state index contributed by atoms with van der Waals surface area (Å²) in [6.45, 7) is 0. The predicted molar refractivity (Wildman–Crippen MR) is 59.6 cm³/mol. The zero-order chi connectivity index (χ0) is 11.6. The van der Waals surface area contributed by atoms with Crippen LogP contribution in [-0.2, 0) is 4.74 Å². The molecule has 1 N–H and O–H groups in total. The van der Waals surface area contributed by atoms with Crippen molar-refractivity contribution in [3.8, 4) is 0 Å². The van der Waals surface area contributed by atoms with Crippen LogP contribution < -0.4 is 0 Å². The molecule has 0 heterocycles. The topological polar surface area (TPSA) is 29.5 Å². The van der Waals surface area contributed by atoms with Gasteiger partial charge in [-0.05, 0) is 25.3 Å². The molecule has 3 heteroatoms. The first-order valence-electron chi connectivity index (χ1n) is 5.64. The molecular weight excluding hydrogens is 207 g/mol. The van der Waals surface area contributed by atoms with Crippen molar-refractivity contribution in [2.75, 3.05) is 7.11 Å². The van der Waals surface area contributed by atoms with Gasteiger partial charge in [-0.15, -0.1) is 0 Å². The monoisotopic (exact) mass is 224 g/mol. The Morgan fingerprint density at radius 2 is 2.12 bits per heavy atom. The first-order valence-corrected chi connectivity index (χ1v) is 5.64. The van der Waals surface area contributed by atoms with Crippen LogP contribution in [0.25, 0.3) is 0 Å². The largest absolute Gasteiger partial charge is 0.388 e. The summed E-state index contributed by atoms with van der Waals surface area (Å²) in [7, 11) is 1.66. The molecule has 2 nitrogen and oxygen atoms in total. The van der Waals surface area contributed by atoms with E-state index in [4.69, 9.17) is 4.74 Å². The highest BCUT2D eigenvalue weighted by molar-refractivity contribution is 5.20. The first kappa shape index (κ1) is 11.6. The summed E-state index contributed by atoms with van der Waals surface area (Å²) in [6.07, 6.45) is 2.73. The molecule has 1 atom stereocenters. The molecule has 2 rings (SSSR count). The van der Waals surface area contributed by atoms with Gasteiger partial charge >= 0.3 is 0 Å². The van der Waals surface area contributed by atoms with Crippen molar-refractivity contribution in [2.24, 2.45) is 0 Å². The lowest BCUT2D eigenvalue weighted by Gasteiger charge is -2.41. The van der Waals surface area contributed by atoms with E-state index in [9.17, 15) is 9.50 Å². The zero-order valence-corrected chi connectivity index (χ0v) is 9.45. The SMILES string of the molecule is COC1(CC(O)c2ccccc2F)CCC1. The minimum absolute atomic E-state index is 0.234. The second-order valence-corrected chi connectivity index (χ2v) is 4.48. The van der Waals surface area contributed by atoms with E-state index < -0.39 is 6.10 Å². The second-order valence-electron chi connectivity index (χ2n) is 4.48. The van der Waals surface area contributed by atoms with Gasteiger partial charge in [-0.3, -0.25) is 0 Å². The molecule has 0 aliphatic heterocycles. The van der Waals surface area contributed by atoms with Gasteiger partial charge in [0, 0.05) is 19.1 Å². The maximum Gasteiger partial charge on any atom is 0.129 e. The average molecular weight is 224 g/mol. The van der Waals surface area contributed by atoms with Crippen molar-refractivity contribution < 1.29 is 14.2 Å². The van der Waals surface area contributed by atoms with Gasteiger partial charge in [-0.1, -0.05) is 18.2 Å². The molecule has 1 fully saturated rings. The fourth-order valence-corrected chi connectivity index (χ4v) is 2.27. The van der Waals surface area contributed by atoms with Crippen LogP contribution in [0.3, 0.4) is 0 Å². The van der Waals surface area contributed by atoms with E-state index in [-0.39, 0.29) is 11.4 Å². The van der Waals surface area contributed by atoms with Gasteiger partial charge in [0.25, 0.3) is 0 Å². The third kappa shape index (κ3) is 2.11. The van der Waals surface area contributed by atoms with Crippen LogP contribution in [0.5, 0.6) is 0 Å². The summed E-state index contributed by atoms with van der Waals surface area (Å²) in [6, 6.07) is 6.36. The molecule has 0 amide bonds. The van der Waals surface area contributed by atoms with E-state index in [0.717, 1.165) is 19.3 Å². The normalized spacial score (nSPS) is 20.2. The van der Waals surface area contributed by atoms with Crippen LogP contribution >= 0.6 is 0 Å². The van der Waals surface area contributed by atoms with Crippen LogP contribution in [-0.4, -0.2) is 17.8 Å². The van der Waals surface area contributed by atoms with Gasteiger partial charge < -0.3 is 9.84 Å². The standard InChI is InChI=1S/C13H17FO2/c1-16-13(7-4-8-13)9-12(15)10-5-2-3-6-11(10)14/h2-3,5-6,12,15H,4,7-9H2,1H3. The smallest absolute Gasteiger partial charge is 0.129 e. The number of benzene rings is 1. The second kappa shape index (κ2) is 4.52. The van der Waals surface area contributed by atoms with Crippen molar-refractivity contribution in [3.05, 3.63) is 35.6 Å². The van der Waals surface area contributed by atoms with Gasteiger partial charge in [0.05, 0.1) is 11.7 Å². The molecule has 0 spiro atoms. The number of hydrogen-bond acceptors (Lipinski definition) is 2. The summed E-state index contributed by atoms with van der Waals surface area (Å²) in [4.78, 5) is 0. The number of halogens is 1. The molecular formula is C13H17FO2. The highest BCUT2D eigenvalue weighted by atomic mass is 19.1. The molecule has 1 saturated carbocycles. The third-order valence-electron chi connectivity index (χ3n) is 3.53. The van der Waals surface area contributed by atoms with E-state index in [0.29, 0.717) is 12.0 Å². The maximum atomic E-state index is 13.4.